The molecule has 2 atom stereocenters. The van der Waals surface area contributed by atoms with Crippen LogP contribution in [-0.2, 0) is 0 Å². The molecule has 108 valence electrons. The molecule has 1 N–H and O–H groups in total. The standard InChI is InChI=1S/C16H22N2O2/c1-4-7-13(5-2)17-16(19)18(14-9-10-14)12(3)15-8-6-11-20-15/h1,6,8,11-14H,5,7,9-10H2,2-3H3,(H,17,19)/t12-,13+/m0/s1. The lowest BCUT2D eigenvalue weighted by atomic mass is 10.1. The van der Waals surface area contributed by atoms with Crippen molar-refractivity contribution < 1.29 is 9.21 Å². The van der Waals surface area contributed by atoms with Gasteiger partial charge in [-0.25, -0.2) is 4.79 Å². The largest absolute Gasteiger partial charge is 0.467 e. The number of furan rings is 1. The van der Waals surface area contributed by atoms with Crippen LogP contribution in [0.25, 0.3) is 0 Å². The molecule has 4 heteroatoms. The highest BCUT2D eigenvalue weighted by atomic mass is 16.3. The average molecular weight is 274 g/mol. The summed E-state index contributed by atoms with van der Waals surface area (Å²) in [6.07, 6.45) is 10.5. The molecule has 2 amide bonds. The molecule has 0 unspecified atom stereocenters. The average Bonchev–Trinajstić information content (AvgIpc) is 3.10. The topological polar surface area (TPSA) is 45.5 Å². The van der Waals surface area contributed by atoms with E-state index in [0.717, 1.165) is 25.0 Å². The van der Waals surface area contributed by atoms with E-state index in [-0.39, 0.29) is 18.1 Å². The SMILES string of the molecule is C#CC[C@@H](CC)NC(=O)N(C1CC1)[C@@H](C)c1ccco1. The first kappa shape index (κ1) is 14.5. The number of nitrogens with one attached hydrogen (secondary N) is 1. The van der Waals surface area contributed by atoms with E-state index in [2.05, 4.69) is 11.2 Å². The maximum atomic E-state index is 12.5. The van der Waals surface area contributed by atoms with E-state index in [0.29, 0.717) is 12.5 Å². The lowest BCUT2D eigenvalue weighted by Crippen LogP contribution is -2.46. The Morgan fingerprint density at radius 3 is 2.90 bits per heavy atom. The highest BCUT2D eigenvalue weighted by Crippen LogP contribution is 2.34. The Labute approximate surface area is 120 Å². The van der Waals surface area contributed by atoms with E-state index in [1.165, 1.54) is 0 Å². The van der Waals surface area contributed by atoms with Gasteiger partial charge < -0.3 is 14.6 Å². The second-order valence-corrected chi connectivity index (χ2v) is 5.29. The number of amides is 2. The van der Waals surface area contributed by atoms with Crippen molar-refractivity contribution in [2.45, 2.75) is 57.7 Å². The fourth-order valence-electron chi connectivity index (χ4n) is 2.37. The molecule has 4 nitrogen and oxygen atoms in total. The first-order valence-electron chi connectivity index (χ1n) is 7.23. The number of urea groups is 1. The molecule has 1 aliphatic rings. The maximum Gasteiger partial charge on any atom is 0.318 e. The maximum absolute atomic E-state index is 12.5. The molecule has 1 heterocycles. The molecule has 2 rings (SSSR count). The number of terminal acetylenes is 1. The van der Waals surface area contributed by atoms with Gasteiger partial charge in [0.1, 0.15) is 5.76 Å². The van der Waals surface area contributed by atoms with Crippen molar-refractivity contribution in [3.63, 3.8) is 0 Å². The molecule has 1 saturated carbocycles. The third-order valence-electron chi connectivity index (χ3n) is 3.73. The van der Waals surface area contributed by atoms with Gasteiger partial charge in [-0.3, -0.25) is 0 Å². The Morgan fingerprint density at radius 1 is 1.65 bits per heavy atom. The van der Waals surface area contributed by atoms with E-state index in [1.807, 2.05) is 30.9 Å². The van der Waals surface area contributed by atoms with E-state index in [1.54, 1.807) is 6.26 Å². The van der Waals surface area contributed by atoms with Crippen molar-refractivity contribution in [2.24, 2.45) is 0 Å². The van der Waals surface area contributed by atoms with Gasteiger partial charge in [-0.1, -0.05) is 6.92 Å². The number of carbonyl (C=O) groups excluding carboxylic acids is 1. The minimum atomic E-state index is -0.0548. The van der Waals surface area contributed by atoms with Crippen LogP contribution in [0.1, 0.15) is 51.3 Å². The van der Waals surface area contributed by atoms with Gasteiger partial charge in [0.15, 0.2) is 0 Å². The number of nitrogens with zero attached hydrogens (tertiary/aromatic N) is 1. The highest BCUT2D eigenvalue weighted by molar-refractivity contribution is 5.75. The summed E-state index contributed by atoms with van der Waals surface area (Å²) < 4.78 is 5.43. The molecule has 1 aromatic rings. The molecule has 1 fully saturated rings. The van der Waals surface area contributed by atoms with Gasteiger partial charge in [0.05, 0.1) is 12.3 Å². The van der Waals surface area contributed by atoms with Gasteiger partial charge >= 0.3 is 6.03 Å². The van der Waals surface area contributed by atoms with Gasteiger partial charge in [0, 0.05) is 18.5 Å². The van der Waals surface area contributed by atoms with Crippen molar-refractivity contribution >= 4 is 6.03 Å². The zero-order valence-electron chi connectivity index (χ0n) is 12.1. The Morgan fingerprint density at radius 2 is 2.40 bits per heavy atom. The Balaban J connectivity index is 2.05. The predicted molar refractivity (Wildman–Crippen MR) is 78.0 cm³/mol. The van der Waals surface area contributed by atoms with Crippen LogP contribution in [0, 0.1) is 12.3 Å². The predicted octanol–water partition coefficient (Wildman–Crippen LogP) is 3.32. The van der Waals surface area contributed by atoms with Crippen molar-refractivity contribution in [2.75, 3.05) is 0 Å². The van der Waals surface area contributed by atoms with Gasteiger partial charge in [0.2, 0.25) is 0 Å². The zero-order valence-corrected chi connectivity index (χ0v) is 12.1. The fraction of sp³-hybridized carbons (Fsp3) is 0.562. The fourth-order valence-corrected chi connectivity index (χ4v) is 2.37. The number of rotatable bonds is 6. The Bertz CT molecular complexity index is 471. The summed E-state index contributed by atoms with van der Waals surface area (Å²) >= 11 is 0. The van der Waals surface area contributed by atoms with Crippen LogP contribution in [0.4, 0.5) is 4.79 Å². The Kier molecular flexibility index (Phi) is 4.73. The summed E-state index contributed by atoms with van der Waals surface area (Å²) in [6.45, 7) is 4.03. The first-order valence-corrected chi connectivity index (χ1v) is 7.23. The molecule has 1 aliphatic carbocycles. The third-order valence-corrected chi connectivity index (χ3v) is 3.73. The van der Waals surface area contributed by atoms with Crippen LogP contribution in [0.3, 0.4) is 0 Å². The molecule has 0 saturated heterocycles. The second kappa shape index (κ2) is 6.51. The van der Waals surface area contributed by atoms with Crippen LogP contribution in [0.2, 0.25) is 0 Å². The second-order valence-electron chi connectivity index (χ2n) is 5.29. The smallest absolute Gasteiger partial charge is 0.318 e. The number of carbonyl (C=O) groups is 1. The molecule has 0 aliphatic heterocycles. The summed E-state index contributed by atoms with van der Waals surface area (Å²) in [6, 6.07) is 4.02. The molecular weight excluding hydrogens is 252 g/mol. The number of hydrogen-bond donors (Lipinski definition) is 1. The van der Waals surface area contributed by atoms with Crippen LogP contribution >= 0.6 is 0 Å². The van der Waals surface area contributed by atoms with E-state index >= 15 is 0 Å². The van der Waals surface area contributed by atoms with E-state index in [4.69, 9.17) is 10.8 Å². The minimum absolute atomic E-state index is 0.0394. The quantitative estimate of drug-likeness (QED) is 0.809. The van der Waals surface area contributed by atoms with Crippen molar-refractivity contribution in [1.82, 2.24) is 10.2 Å². The summed E-state index contributed by atoms with van der Waals surface area (Å²) in [5, 5.41) is 3.03. The zero-order chi connectivity index (χ0) is 14.5. The minimum Gasteiger partial charge on any atom is -0.467 e. The summed E-state index contributed by atoms with van der Waals surface area (Å²) in [4.78, 5) is 14.4. The lowest BCUT2D eigenvalue weighted by Gasteiger charge is -2.30. The van der Waals surface area contributed by atoms with Gasteiger partial charge in [-0.05, 0) is 38.3 Å². The summed E-state index contributed by atoms with van der Waals surface area (Å²) in [5.74, 6) is 3.43. The van der Waals surface area contributed by atoms with Gasteiger partial charge in [-0.15, -0.1) is 12.3 Å². The van der Waals surface area contributed by atoms with Crippen LogP contribution in [0.15, 0.2) is 22.8 Å². The number of hydrogen-bond acceptors (Lipinski definition) is 2. The molecule has 20 heavy (non-hydrogen) atoms. The molecule has 1 aromatic heterocycles. The van der Waals surface area contributed by atoms with Gasteiger partial charge in [0.25, 0.3) is 0 Å². The molecule has 0 spiro atoms. The first-order chi connectivity index (χ1) is 9.67. The molecular formula is C16H22N2O2. The van der Waals surface area contributed by atoms with Crippen LogP contribution in [-0.4, -0.2) is 23.0 Å². The van der Waals surface area contributed by atoms with Crippen molar-refractivity contribution in [1.29, 1.82) is 0 Å². The van der Waals surface area contributed by atoms with Gasteiger partial charge in [-0.2, -0.15) is 0 Å². The Hall–Kier alpha value is -1.89. The molecule has 0 bridgehead atoms. The molecule has 0 aromatic carbocycles. The summed E-state index contributed by atoms with van der Waals surface area (Å²) in [7, 11) is 0. The van der Waals surface area contributed by atoms with Crippen molar-refractivity contribution in [3.8, 4) is 12.3 Å². The lowest BCUT2D eigenvalue weighted by molar-refractivity contribution is 0.162. The molecule has 0 radical (unpaired) electrons. The van der Waals surface area contributed by atoms with E-state index in [9.17, 15) is 4.79 Å². The van der Waals surface area contributed by atoms with Crippen LogP contribution in [0.5, 0.6) is 0 Å². The third kappa shape index (κ3) is 3.36. The van der Waals surface area contributed by atoms with Crippen molar-refractivity contribution in [3.05, 3.63) is 24.2 Å². The normalized spacial score (nSPS) is 17.1. The highest BCUT2D eigenvalue weighted by Gasteiger charge is 2.37. The van der Waals surface area contributed by atoms with E-state index < -0.39 is 0 Å². The van der Waals surface area contributed by atoms with Crippen LogP contribution < -0.4 is 5.32 Å². The summed E-state index contributed by atoms with van der Waals surface area (Å²) in [5.41, 5.74) is 0. The monoisotopic (exact) mass is 274 g/mol.